The maximum absolute atomic E-state index is 13.2. The Bertz CT molecular complexity index is 1150. The molecular weight excluding hydrogens is 390 g/mol. The fraction of sp³-hybridized carbons (Fsp3) is 0.0952. The number of amides is 1. The van der Waals surface area contributed by atoms with Gasteiger partial charge in [-0.05, 0) is 54.3 Å². The van der Waals surface area contributed by atoms with E-state index in [1.54, 1.807) is 48.9 Å². The monoisotopic (exact) mass is 407 g/mol. The SMILES string of the molecule is COc1cccc(C(=O)N(/N=C\c2cccs2)c2nc3ccc(C)cc3s2)c1. The summed E-state index contributed by atoms with van der Waals surface area (Å²) in [4.78, 5) is 18.8. The Kier molecular flexibility index (Phi) is 5.18. The Hall–Kier alpha value is -3.03. The quantitative estimate of drug-likeness (QED) is 0.331. The van der Waals surface area contributed by atoms with Gasteiger partial charge in [0.05, 0.1) is 23.5 Å². The molecule has 0 unspecified atom stereocenters. The van der Waals surface area contributed by atoms with Gasteiger partial charge in [-0.25, -0.2) is 4.98 Å². The molecule has 0 aliphatic rings. The zero-order valence-electron chi connectivity index (χ0n) is 15.3. The second-order valence-electron chi connectivity index (χ2n) is 6.08. The van der Waals surface area contributed by atoms with Crippen LogP contribution in [0.5, 0.6) is 5.75 Å². The Balaban J connectivity index is 1.76. The summed E-state index contributed by atoms with van der Waals surface area (Å²) >= 11 is 3.00. The van der Waals surface area contributed by atoms with E-state index < -0.39 is 0 Å². The molecule has 0 bridgehead atoms. The summed E-state index contributed by atoms with van der Waals surface area (Å²) in [5.41, 5.74) is 2.48. The fourth-order valence-corrected chi connectivity index (χ4v) is 4.26. The number of carbonyl (C=O) groups is 1. The second kappa shape index (κ2) is 7.92. The summed E-state index contributed by atoms with van der Waals surface area (Å²) in [7, 11) is 1.58. The molecule has 140 valence electrons. The summed E-state index contributed by atoms with van der Waals surface area (Å²) in [6.45, 7) is 2.03. The van der Waals surface area contributed by atoms with Crippen molar-refractivity contribution in [2.24, 2.45) is 5.10 Å². The van der Waals surface area contributed by atoms with Gasteiger partial charge in [-0.2, -0.15) is 10.1 Å². The van der Waals surface area contributed by atoms with E-state index in [4.69, 9.17) is 4.74 Å². The molecule has 0 saturated heterocycles. The molecule has 5 nitrogen and oxygen atoms in total. The molecule has 28 heavy (non-hydrogen) atoms. The molecular formula is C21H17N3O2S2. The topological polar surface area (TPSA) is 54.8 Å². The van der Waals surface area contributed by atoms with Crippen molar-refractivity contribution in [1.29, 1.82) is 0 Å². The smallest absolute Gasteiger partial charge is 0.280 e. The first-order chi connectivity index (χ1) is 13.6. The van der Waals surface area contributed by atoms with Crippen molar-refractivity contribution < 1.29 is 9.53 Å². The third-order valence-electron chi connectivity index (χ3n) is 4.07. The summed E-state index contributed by atoms with van der Waals surface area (Å²) in [6, 6.07) is 17.0. The van der Waals surface area contributed by atoms with Crippen LogP contribution in [0.3, 0.4) is 0 Å². The summed E-state index contributed by atoms with van der Waals surface area (Å²) < 4.78 is 6.27. The first-order valence-corrected chi connectivity index (χ1v) is 10.3. The van der Waals surface area contributed by atoms with Crippen LogP contribution in [0.1, 0.15) is 20.8 Å². The molecule has 0 atom stereocenters. The standard InChI is InChI=1S/C21H17N3O2S2/c1-14-8-9-18-19(11-14)28-21(23-18)24(22-13-17-7-4-10-27-17)20(25)15-5-3-6-16(12-15)26-2/h3-13H,1-2H3/b22-13-. The molecule has 7 heteroatoms. The number of hydrogen-bond donors (Lipinski definition) is 0. The summed E-state index contributed by atoms with van der Waals surface area (Å²) in [6.07, 6.45) is 1.68. The molecule has 2 aromatic carbocycles. The van der Waals surface area contributed by atoms with Crippen LogP contribution in [-0.2, 0) is 0 Å². The normalized spacial score (nSPS) is 11.2. The van der Waals surface area contributed by atoms with Crippen molar-refractivity contribution >= 4 is 50.1 Å². The molecule has 2 aromatic heterocycles. The number of hydrazone groups is 1. The van der Waals surface area contributed by atoms with Crippen LogP contribution < -0.4 is 9.75 Å². The number of fused-ring (bicyclic) bond motifs is 1. The molecule has 0 fully saturated rings. The number of aryl methyl sites for hydroxylation is 1. The van der Waals surface area contributed by atoms with E-state index in [1.807, 2.05) is 36.6 Å². The van der Waals surface area contributed by atoms with Gasteiger partial charge in [0, 0.05) is 10.4 Å². The van der Waals surface area contributed by atoms with Gasteiger partial charge >= 0.3 is 0 Å². The van der Waals surface area contributed by atoms with E-state index in [9.17, 15) is 4.79 Å². The number of thiazole rings is 1. The molecule has 0 spiro atoms. The lowest BCUT2D eigenvalue weighted by Gasteiger charge is -2.14. The lowest BCUT2D eigenvalue weighted by atomic mass is 10.2. The molecule has 2 heterocycles. The lowest BCUT2D eigenvalue weighted by Crippen LogP contribution is -2.25. The van der Waals surface area contributed by atoms with Crippen LogP contribution >= 0.6 is 22.7 Å². The minimum absolute atomic E-state index is 0.262. The van der Waals surface area contributed by atoms with Gasteiger partial charge in [0.1, 0.15) is 5.75 Å². The average Bonchev–Trinajstić information content (AvgIpc) is 3.37. The highest BCUT2D eigenvalue weighted by Crippen LogP contribution is 2.31. The number of nitrogens with zero attached hydrogens (tertiary/aromatic N) is 3. The zero-order chi connectivity index (χ0) is 19.5. The van der Waals surface area contributed by atoms with Gasteiger partial charge in [0.25, 0.3) is 5.91 Å². The van der Waals surface area contributed by atoms with E-state index in [-0.39, 0.29) is 5.91 Å². The molecule has 4 rings (SSSR count). The van der Waals surface area contributed by atoms with Crippen molar-refractivity contribution in [3.8, 4) is 5.75 Å². The van der Waals surface area contributed by atoms with Crippen molar-refractivity contribution in [2.45, 2.75) is 6.92 Å². The average molecular weight is 408 g/mol. The minimum atomic E-state index is -0.262. The molecule has 0 N–H and O–H groups in total. The van der Waals surface area contributed by atoms with Crippen LogP contribution in [0.25, 0.3) is 10.2 Å². The van der Waals surface area contributed by atoms with Crippen LogP contribution in [0.4, 0.5) is 5.13 Å². The number of ether oxygens (including phenoxy) is 1. The molecule has 1 amide bonds. The van der Waals surface area contributed by atoms with Gasteiger partial charge in [-0.1, -0.05) is 29.5 Å². The number of methoxy groups -OCH3 is 1. The number of aromatic nitrogens is 1. The van der Waals surface area contributed by atoms with Gasteiger partial charge in [0.15, 0.2) is 0 Å². The maximum atomic E-state index is 13.2. The van der Waals surface area contributed by atoms with Gasteiger partial charge in [-0.3, -0.25) is 4.79 Å². The van der Waals surface area contributed by atoms with E-state index in [1.165, 1.54) is 16.3 Å². The predicted molar refractivity (Wildman–Crippen MR) is 116 cm³/mol. The summed E-state index contributed by atoms with van der Waals surface area (Å²) in [5, 5.41) is 8.32. The zero-order valence-corrected chi connectivity index (χ0v) is 17.0. The Morgan fingerprint density at radius 2 is 2.07 bits per heavy atom. The molecule has 0 aliphatic carbocycles. The molecule has 0 saturated carbocycles. The van der Waals surface area contributed by atoms with Crippen molar-refractivity contribution in [3.63, 3.8) is 0 Å². The van der Waals surface area contributed by atoms with Gasteiger partial charge < -0.3 is 4.74 Å². The number of hydrogen-bond acceptors (Lipinski definition) is 6. The minimum Gasteiger partial charge on any atom is -0.497 e. The number of rotatable bonds is 5. The lowest BCUT2D eigenvalue weighted by molar-refractivity contribution is 0.0987. The largest absolute Gasteiger partial charge is 0.497 e. The Labute approximate surface area is 170 Å². The maximum Gasteiger partial charge on any atom is 0.280 e. The van der Waals surface area contributed by atoms with Crippen molar-refractivity contribution in [2.75, 3.05) is 12.1 Å². The van der Waals surface area contributed by atoms with Crippen molar-refractivity contribution in [3.05, 3.63) is 76.0 Å². The number of carbonyl (C=O) groups excluding carboxylic acids is 1. The van der Waals surface area contributed by atoms with E-state index >= 15 is 0 Å². The van der Waals surface area contributed by atoms with Crippen LogP contribution in [-0.4, -0.2) is 24.2 Å². The third-order valence-corrected chi connectivity index (χ3v) is 5.87. The first-order valence-electron chi connectivity index (χ1n) is 8.57. The molecule has 0 aliphatic heterocycles. The highest BCUT2D eigenvalue weighted by Gasteiger charge is 2.21. The first kappa shape index (κ1) is 18.3. The van der Waals surface area contributed by atoms with E-state index in [2.05, 4.69) is 16.2 Å². The fourth-order valence-electron chi connectivity index (χ4n) is 2.66. The van der Waals surface area contributed by atoms with Crippen LogP contribution in [0, 0.1) is 6.92 Å². The number of anilines is 1. The van der Waals surface area contributed by atoms with Gasteiger partial charge in [-0.15, -0.1) is 11.3 Å². The van der Waals surface area contributed by atoms with Gasteiger partial charge in [0.2, 0.25) is 5.13 Å². The summed E-state index contributed by atoms with van der Waals surface area (Å²) in [5.74, 6) is 0.357. The van der Waals surface area contributed by atoms with Crippen LogP contribution in [0.15, 0.2) is 65.1 Å². The Morgan fingerprint density at radius 3 is 2.86 bits per heavy atom. The third kappa shape index (κ3) is 3.81. The van der Waals surface area contributed by atoms with Crippen molar-refractivity contribution in [1.82, 2.24) is 4.98 Å². The molecule has 0 radical (unpaired) electrons. The number of benzene rings is 2. The molecule has 4 aromatic rings. The second-order valence-corrected chi connectivity index (χ2v) is 8.06. The van der Waals surface area contributed by atoms with Crippen LogP contribution in [0.2, 0.25) is 0 Å². The highest BCUT2D eigenvalue weighted by molar-refractivity contribution is 7.22. The highest BCUT2D eigenvalue weighted by atomic mass is 32.1. The predicted octanol–water partition coefficient (Wildman–Crippen LogP) is 5.36. The number of thiophene rings is 1. The van der Waals surface area contributed by atoms with E-state index in [0.717, 1.165) is 20.7 Å². The van der Waals surface area contributed by atoms with E-state index in [0.29, 0.717) is 16.4 Å². The Morgan fingerprint density at radius 1 is 1.18 bits per heavy atom.